The second-order valence-electron chi connectivity index (χ2n) is 3.03. The van der Waals surface area contributed by atoms with Gasteiger partial charge < -0.3 is 5.11 Å². The first-order chi connectivity index (χ1) is 7.25. The fraction of sp³-hybridized carbons (Fsp3) is 0.100. The van der Waals surface area contributed by atoms with E-state index in [0.717, 1.165) is 10.4 Å². The van der Waals surface area contributed by atoms with Crippen LogP contribution in [-0.4, -0.2) is 15.4 Å². The molecule has 0 aromatic carbocycles. The minimum absolute atomic E-state index is 0.0109. The van der Waals surface area contributed by atoms with Gasteiger partial charge >= 0.3 is 5.97 Å². The van der Waals surface area contributed by atoms with Crippen molar-refractivity contribution in [2.24, 2.45) is 0 Å². The molecule has 0 aliphatic carbocycles. The summed E-state index contributed by atoms with van der Waals surface area (Å²) in [6, 6.07) is 5.70. The number of aliphatic carboxylic acids is 1. The SMILES string of the molecule is O=C(O)C[n+]1ccc(-c2ccns2)cc1. The smallest absolute Gasteiger partial charge is 0.370 e. The summed E-state index contributed by atoms with van der Waals surface area (Å²) in [7, 11) is 0. The number of rotatable bonds is 3. The zero-order valence-electron chi connectivity index (χ0n) is 7.83. The molecule has 4 nitrogen and oxygen atoms in total. The van der Waals surface area contributed by atoms with E-state index in [1.807, 2.05) is 18.2 Å². The normalized spacial score (nSPS) is 10.1. The fourth-order valence-electron chi connectivity index (χ4n) is 1.25. The maximum absolute atomic E-state index is 10.5. The van der Waals surface area contributed by atoms with E-state index in [4.69, 9.17) is 5.11 Å². The van der Waals surface area contributed by atoms with Crippen LogP contribution in [0.25, 0.3) is 10.4 Å². The predicted octanol–water partition coefficient (Wildman–Crippen LogP) is 1.18. The number of carboxylic acids is 1. The number of hydrogen-bond acceptors (Lipinski definition) is 3. The quantitative estimate of drug-likeness (QED) is 0.792. The van der Waals surface area contributed by atoms with Gasteiger partial charge in [-0.25, -0.2) is 9.17 Å². The average Bonchev–Trinajstić information content (AvgIpc) is 2.71. The van der Waals surface area contributed by atoms with Gasteiger partial charge in [-0.2, -0.15) is 4.57 Å². The third kappa shape index (κ3) is 2.38. The molecule has 0 bridgehead atoms. The number of pyridine rings is 1. The first-order valence-electron chi connectivity index (χ1n) is 4.37. The number of aromatic nitrogens is 2. The van der Waals surface area contributed by atoms with Gasteiger partial charge in [-0.05, 0) is 17.6 Å². The van der Waals surface area contributed by atoms with E-state index >= 15 is 0 Å². The molecule has 0 aliphatic rings. The van der Waals surface area contributed by atoms with Crippen LogP contribution in [-0.2, 0) is 11.3 Å². The highest BCUT2D eigenvalue weighted by atomic mass is 32.1. The lowest BCUT2D eigenvalue weighted by Crippen LogP contribution is -2.36. The van der Waals surface area contributed by atoms with Gasteiger partial charge in [0, 0.05) is 23.9 Å². The molecule has 15 heavy (non-hydrogen) atoms. The standard InChI is InChI=1S/C10H8N2O2S/c13-10(14)7-12-5-2-8(3-6-12)9-1-4-11-15-9/h1-6H,7H2/p+1. The minimum Gasteiger partial charge on any atom is -0.477 e. The van der Waals surface area contributed by atoms with Crippen LogP contribution >= 0.6 is 11.5 Å². The van der Waals surface area contributed by atoms with Crippen molar-refractivity contribution in [3.8, 4) is 10.4 Å². The molecule has 0 amide bonds. The van der Waals surface area contributed by atoms with Gasteiger partial charge in [0.2, 0.25) is 6.54 Å². The summed E-state index contributed by atoms with van der Waals surface area (Å²) in [5.74, 6) is -0.842. The molecule has 2 aromatic rings. The molecule has 0 fully saturated rings. The van der Waals surface area contributed by atoms with Crippen molar-refractivity contribution in [1.82, 2.24) is 4.37 Å². The van der Waals surface area contributed by atoms with Crippen molar-refractivity contribution >= 4 is 17.5 Å². The molecule has 2 heterocycles. The van der Waals surface area contributed by atoms with Crippen LogP contribution in [0.5, 0.6) is 0 Å². The van der Waals surface area contributed by atoms with Crippen molar-refractivity contribution in [2.75, 3.05) is 0 Å². The molecule has 0 saturated carbocycles. The van der Waals surface area contributed by atoms with E-state index < -0.39 is 5.97 Å². The average molecular weight is 221 g/mol. The predicted molar refractivity (Wildman–Crippen MR) is 55.4 cm³/mol. The molecule has 0 spiro atoms. The lowest BCUT2D eigenvalue weighted by Gasteiger charge is -1.95. The van der Waals surface area contributed by atoms with Gasteiger partial charge in [-0.1, -0.05) is 0 Å². The summed E-state index contributed by atoms with van der Waals surface area (Å²) in [5, 5.41) is 8.59. The molecule has 0 radical (unpaired) electrons. The zero-order valence-corrected chi connectivity index (χ0v) is 8.65. The molecule has 0 atom stereocenters. The highest BCUT2D eigenvalue weighted by Gasteiger charge is 2.07. The Kier molecular flexibility index (Phi) is 2.73. The second-order valence-corrected chi connectivity index (χ2v) is 3.86. The summed E-state index contributed by atoms with van der Waals surface area (Å²) in [4.78, 5) is 11.5. The summed E-state index contributed by atoms with van der Waals surface area (Å²) < 4.78 is 5.63. The van der Waals surface area contributed by atoms with Gasteiger partial charge in [0.15, 0.2) is 12.4 Å². The Labute approximate surface area is 90.6 Å². The van der Waals surface area contributed by atoms with E-state index in [0.29, 0.717) is 0 Å². The minimum atomic E-state index is -0.842. The lowest BCUT2D eigenvalue weighted by molar-refractivity contribution is -0.685. The van der Waals surface area contributed by atoms with E-state index in [1.165, 1.54) is 11.5 Å². The summed E-state index contributed by atoms with van der Waals surface area (Å²) in [6.07, 6.45) is 5.25. The number of carbonyl (C=O) groups is 1. The second kappa shape index (κ2) is 4.18. The molecule has 2 aromatic heterocycles. The molecule has 0 unspecified atom stereocenters. The van der Waals surface area contributed by atoms with Crippen molar-refractivity contribution < 1.29 is 14.5 Å². The van der Waals surface area contributed by atoms with Gasteiger partial charge in [-0.3, -0.25) is 0 Å². The number of nitrogens with zero attached hydrogens (tertiary/aromatic N) is 2. The van der Waals surface area contributed by atoms with Crippen LogP contribution in [0.3, 0.4) is 0 Å². The molecular formula is C10H9N2O2S+. The van der Waals surface area contributed by atoms with E-state index in [-0.39, 0.29) is 6.54 Å². The summed E-state index contributed by atoms with van der Waals surface area (Å²) >= 11 is 1.42. The molecule has 0 saturated heterocycles. The van der Waals surface area contributed by atoms with Crippen molar-refractivity contribution in [3.05, 3.63) is 36.8 Å². The molecular weight excluding hydrogens is 212 g/mol. The van der Waals surface area contributed by atoms with Crippen molar-refractivity contribution in [1.29, 1.82) is 0 Å². The Balaban J connectivity index is 2.21. The van der Waals surface area contributed by atoms with E-state index in [9.17, 15) is 4.79 Å². The van der Waals surface area contributed by atoms with E-state index in [2.05, 4.69) is 4.37 Å². The Morgan fingerprint density at radius 3 is 2.67 bits per heavy atom. The van der Waals surface area contributed by atoms with Crippen molar-refractivity contribution in [3.63, 3.8) is 0 Å². The summed E-state index contributed by atoms with van der Waals surface area (Å²) in [6.45, 7) is -0.0109. The van der Waals surface area contributed by atoms with Crippen molar-refractivity contribution in [2.45, 2.75) is 6.54 Å². The first kappa shape index (κ1) is 9.79. The van der Waals surface area contributed by atoms with Crippen LogP contribution in [0, 0.1) is 0 Å². The third-order valence-corrected chi connectivity index (χ3v) is 2.73. The first-order valence-corrected chi connectivity index (χ1v) is 5.15. The molecule has 2 rings (SSSR count). The highest BCUT2D eigenvalue weighted by molar-refractivity contribution is 7.09. The van der Waals surface area contributed by atoms with Gasteiger partial charge in [0.1, 0.15) is 0 Å². The zero-order chi connectivity index (χ0) is 10.7. The van der Waals surface area contributed by atoms with Crippen LogP contribution in [0.2, 0.25) is 0 Å². The van der Waals surface area contributed by atoms with Gasteiger partial charge in [-0.15, -0.1) is 0 Å². The third-order valence-electron chi connectivity index (χ3n) is 1.93. The molecule has 5 heteroatoms. The van der Waals surface area contributed by atoms with Crippen LogP contribution in [0.15, 0.2) is 36.8 Å². The Bertz CT molecular complexity index is 451. The van der Waals surface area contributed by atoms with Gasteiger partial charge in [0.25, 0.3) is 0 Å². The largest absolute Gasteiger partial charge is 0.477 e. The van der Waals surface area contributed by atoms with Crippen LogP contribution in [0.4, 0.5) is 0 Å². The Hall–Kier alpha value is -1.75. The number of carboxylic acid groups (broad SMARTS) is 1. The fourth-order valence-corrected chi connectivity index (χ4v) is 1.85. The molecule has 0 aliphatic heterocycles. The molecule has 1 N–H and O–H groups in total. The lowest BCUT2D eigenvalue weighted by atomic mass is 10.2. The Morgan fingerprint density at radius 2 is 2.13 bits per heavy atom. The maximum atomic E-state index is 10.5. The van der Waals surface area contributed by atoms with Crippen LogP contribution < -0.4 is 4.57 Å². The summed E-state index contributed by atoms with van der Waals surface area (Å²) in [5.41, 5.74) is 1.05. The van der Waals surface area contributed by atoms with Gasteiger partial charge in [0.05, 0.1) is 4.88 Å². The maximum Gasteiger partial charge on any atom is 0.370 e. The highest BCUT2D eigenvalue weighted by Crippen LogP contribution is 2.20. The van der Waals surface area contributed by atoms with Crippen LogP contribution in [0.1, 0.15) is 0 Å². The molecule has 76 valence electrons. The monoisotopic (exact) mass is 221 g/mol. The Morgan fingerprint density at radius 1 is 1.40 bits per heavy atom. The topological polar surface area (TPSA) is 54.1 Å². The van der Waals surface area contributed by atoms with E-state index in [1.54, 1.807) is 23.2 Å². The number of hydrogen-bond donors (Lipinski definition) is 1.